The van der Waals surface area contributed by atoms with Gasteiger partial charge < -0.3 is 10.5 Å². The third-order valence-electron chi connectivity index (χ3n) is 2.25. The molecule has 0 aliphatic carbocycles. The maximum atomic E-state index is 13.4. The van der Waals surface area contributed by atoms with Gasteiger partial charge in [-0.05, 0) is 17.7 Å². The summed E-state index contributed by atoms with van der Waals surface area (Å²) in [6.45, 7) is 0. The number of nitrogens with two attached hydrogens (primary N) is 1. The van der Waals surface area contributed by atoms with E-state index in [1.54, 1.807) is 6.07 Å². The maximum Gasteiger partial charge on any atom is 0.273 e. The van der Waals surface area contributed by atoms with Crippen molar-refractivity contribution < 1.29 is 9.13 Å². The van der Waals surface area contributed by atoms with Crippen LogP contribution in [-0.2, 0) is 0 Å². The van der Waals surface area contributed by atoms with Crippen LogP contribution in [0.5, 0.6) is 5.75 Å². The third kappa shape index (κ3) is 1.54. The van der Waals surface area contributed by atoms with Crippen LogP contribution in [0.3, 0.4) is 0 Å². The Bertz CT molecular complexity index is 574. The summed E-state index contributed by atoms with van der Waals surface area (Å²) in [5, 5.41) is 4.79. The summed E-state index contributed by atoms with van der Waals surface area (Å²) < 4.78 is 18.2. The van der Waals surface area contributed by atoms with Crippen molar-refractivity contribution in [2.45, 2.75) is 0 Å². The second kappa shape index (κ2) is 3.73. The number of hydrogen-bond acceptors (Lipinski definition) is 3. The lowest BCUT2D eigenvalue weighted by atomic mass is 10.1. The van der Waals surface area contributed by atoms with Gasteiger partial charge in [0.15, 0.2) is 11.6 Å². The Morgan fingerprint density at radius 2 is 2.12 bits per heavy atom. The molecule has 4 N–H and O–H groups in total. The van der Waals surface area contributed by atoms with Crippen LogP contribution < -0.4 is 16.0 Å². The van der Waals surface area contributed by atoms with Gasteiger partial charge in [0.1, 0.15) is 5.82 Å². The number of methoxy groups -OCH3 is 1. The monoisotopic (exact) mass is 223 g/mol. The van der Waals surface area contributed by atoms with E-state index in [1.807, 2.05) is 0 Å². The van der Waals surface area contributed by atoms with Gasteiger partial charge >= 0.3 is 0 Å². The van der Waals surface area contributed by atoms with Crippen molar-refractivity contribution in [2.75, 3.05) is 12.8 Å². The van der Waals surface area contributed by atoms with Crippen LogP contribution >= 0.6 is 0 Å². The number of aromatic amines is 2. The van der Waals surface area contributed by atoms with E-state index in [1.165, 1.54) is 19.2 Å². The highest BCUT2D eigenvalue weighted by molar-refractivity contribution is 5.73. The highest BCUT2D eigenvalue weighted by atomic mass is 19.1. The second-order valence-corrected chi connectivity index (χ2v) is 3.22. The van der Waals surface area contributed by atoms with E-state index in [9.17, 15) is 9.18 Å². The molecule has 0 bridgehead atoms. The summed E-state index contributed by atoms with van der Waals surface area (Å²) in [4.78, 5) is 11.4. The second-order valence-electron chi connectivity index (χ2n) is 3.22. The summed E-state index contributed by atoms with van der Waals surface area (Å²) in [5.41, 5.74) is 5.79. The van der Waals surface area contributed by atoms with Crippen molar-refractivity contribution in [3.05, 3.63) is 34.4 Å². The molecule has 0 spiro atoms. The number of rotatable bonds is 2. The van der Waals surface area contributed by atoms with Gasteiger partial charge in [0.05, 0.1) is 12.7 Å². The van der Waals surface area contributed by atoms with E-state index in [-0.39, 0.29) is 22.7 Å². The zero-order valence-corrected chi connectivity index (χ0v) is 8.50. The molecular formula is C10H10FN3O2. The van der Waals surface area contributed by atoms with Gasteiger partial charge in [0, 0.05) is 0 Å². The van der Waals surface area contributed by atoms with Gasteiger partial charge in [-0.15, -0.1) is 0 Å². The molecule has 84 valence electrons. The minimum Gasteiger partial charge on any atom is -0.494 e. The molecule has 0 amide bonds. The minimum atomic E-state index is -0.542. The number of hydrogen-bond donors (Lipinski definition) is 3. The first-order valence-electron chi connectivity index (χ1n) is 4.53. The Balaban J connectivity index is 2.58. The molecule has 0 radical (unpaired) electrons. The van der Waals surface area contributed by atoms with E-state index < -0.39 is 5.82 Å². The Morgan fingerprint density at radius 1 is 1.38 bits per heavy atom. The average molecular weight is 223 g/mol. The molecule has 0 aliphatic heterocycles. The van der Waals surface area contributed by atoms with Crippen molar-refractivity contribution in [1.82, 2.24) is 10.2 Å². The number of nitrogens with one attached hydrogen (secondary N) is 2. The van der Waals surface area contributed by atoms with E-state index in [0.717, 1.165) is 0 Å². The lowest BCUT2D eigenvalue weighted by Crippen LogP contribution is -2.02. The summed E-state index contributed by atoms with van der Waals surface area (Å²) in [6, 6.07) is 4.21. The van der Waals surface area contributed by atoms with Crippen molar-refractivity contribution in [3.63, 3.8) is 0 Å². The van der Waals surface area contributed by atoms with E-state index in [0.29, 0.717) is 5.56 Å². The number of halogens is 1. The molecule has 0 atom stereocenters. The number of anilines is 1. The molecule has 1 aromatic carbocycles. The molecule has 0 saturated heterocycles. The molecular weight excluding hydrogens is 213 g/mol. The lowest BCUT2D eigenvalue weighted by Gasteiger charge is -2.03. The first-order valence-corrected chi connectivity index (χ1v) is 4.53. The fourth-order valence-corrected chi connectivity index (χ4v) is 1.48. The third-order valence-corrected chi connectivity index (χ3v) is 2.25. The first-order chi connectivity index (χ1) is 7.63. The van der Waals surface area contributed by atoms with Crippen LogP contribution in [0.15, 0.2) is 23.0 Å². The molecule has 0 unspecified atom stereocenters. The van der Waals surface area contributed by atoms with Gasteiger partial charge in [-0.1, -0.05) is 6.07 Å². The van der Waals surface area contributed by atoms with Crippen molar-refractivity contribution in [2.24, 2.45) is 0 Å². The summed E-state index contributed by atoms with van der Waals surface area (Å²) >= 11 is 0. The summed E-state index contributed by atoms with van der Waals surface area (Å²) in [5.74, 6) is -0.246. The van der Waals surface area contributed by atoms with E-state index in [4.69, 9.17) is 10.5 Å². The molecule has 0 saturated carbocycles. The number of aromatic nitrogens is 2. The van der Waals surface area contributed by atoms with Gasteiger partial charge in [0.2, 0.25) is 0 Å². The predicted molar refractivity (Wildman–Crippen MR) is 57.8 cm³/mol. The zero-order valence-electron chi connectivity index (χ0n) is 8.50. The smallest absolute Gasteiger partial charge is 0.273 e. The normalized spacial score (nSPS) is 10.4. The summed E-state index contributed by atoms with van der Waals surface area (Å²) in [7, 11) is 1.37. The Labute approximate surface area is 90.0 Å². The standard InChI is InChI=1S/C10H10FN3O2/c1-16-7-3-2-5(4-6(7)11)8-9(12)13-14-10(8)15/h2-4H,1H3,(H4,12,13,14,15). The van der Waals surface area contributed by atoms with Gasteiger partial charge in [-0.2, -0.15) is 0 Å². The molecule has 6 heteroatoms. The predicted octanol–water partition coefficient (Wildman–Crippen LogP) is 1.10. The highest BCUT2D eigenvalue weighted by Crippen LogP contribution is 2.25. The van der Waals surface area contributed by atoms with Crippen LogP contribution in [0.1, 0.15) is 0 Å². The SMILES string of the molecule is COc1ccc(-c2c(N)[nH][nH]c2=O)cc1F. The number of benzene rings is 1. The Kier molecular flexibility index (Phi) is 2.40. The van der Waals surface area contributed by atoms with Crippen molar-refractivity contribution >= 4 is 5.82 Å². The highest BCUT2D eigenvalue weighted by Gasteiger charge is 2.12. The number of nitrogen functional groups attached to an aromatic ring is 1. The molecule has 1 aromatic heterocycles. The fourth-order valence-electron chi connectivity index (χ4n) is 1.48. The zero-order chi connectivity index (χ0) is 11.7. The van der Waals surface area contributed by atoms with E-state index in [2.05, 4.69) is 10.2 Å². The van der Waals surface area contributed by atoms with Gasteiger partial charge in [-0.25, -0.2) is 4.39 Å². The van der Waals surface area contributed by atoms with Crippen LogP contribution in [0.2, 0.25) is 0 Å². The number of H-pyrrole nitrogens is 2. The van der Waals surface area contributed by atoms with Crippen LogP contribution in [0.4, 0.5) is 10.2 Å². The molecule has 2 aromatic rings. The molecule has 16 heavy (non-hydrogen) atoms. The Morgan fingerprint density at radius 3 is 2.62 bits per heavy atom. The maximum absolute atomic E-state index is 13.4. The lowest BCUT2D eigenvalue weighted by molar-refractivity contribution is 0.386. The van der Waals surface area contributed by atoms with Crippen LogP contribution in [0, 0.1) is 5.82 Å². The van der Waals surface area contributed by atoms with Gasteiger partial charge in [0.25, 0.3) is 5.56 Å². The average Bonchev–Trinajstić information content (AvgIpc) is 2.58. The largest absolute Gasteiger partial charge is 0.494 e. The van der Waals surface area contributed by atoms with Crippen LogP contribution in [-0.4, -0.2) is 17.3 Å². The Hall–Kier alpha value is -2.24. The molecule has 1 heterocycles. The van der Waals surface area contributed by atoms with Crippen molar-refractivity contribution in [3.8, 4) is 16.9 Å². The topological polar surface area (TPSA) is 83.9 Å². The molecule has 0 aliphatic rings. The quantitative estimate of drug-likeness (QED) is 0.712. The van der Waals surface area contributed by atoms with Gasteiger partial charge in [-0.3, -0.25) is 15.0 Å². The molecule has 5 nitrogen and oxygen atoms in total. The van der Waals surface area contributed by atoms with Crippen molar-refractivity contribution in [1.29, 1.82) is 0 Å². The first kappa shape index (κ1) is 10.3. The van der Waals surface area contributed by atoms with Crippen LogP contribution in [0.25, 0.3) is 11.1 Å². The molecule has 2 rings (SSSR count). The molecule has 0 fully saturated rings. The summed E-state index contributed by atoms with van der Waals surface area (Å²) in [6.07, 6.45) is 0. The number of ether oxygens (including phenoxy) is 1. The van der Waals surface area contributed by atoms with E-state index >= 15 is 0 Å². The fraction of sp³-hybridized carbons (Fsp3) is 0.100. The minimum absolute atomic E-state index is 0.120.